The molecule has 0 N–H and O–H groups in total. The van der Waals surface area contributed by atoms with E-state index in [9.17, 15) is 0 Å². The molecule has 50 heavy (non-hydrogen) atoms. The third-order valence-corrected chi connectivity index (χ3v) is 11.2. The van der Waals surface area contributed by atoms with Gasteiger partial charge < -0.3 is 4.57 Å². The van der Waals surface area contributed by atoms with E-state index < -0.39 is 0 Å². The summed E-state index contributed by atoms with van der Waals surface area (Å²) in [6.07, 6.45) is 1.80. The van der Waals surface area contributed by atoms with Crippen LogP contribution in [0.25, 0.3) is 103 Å². The van der Waals surface area contributed by atoms with Crippen molar-refractivity contribution in [1.29, 1.82) is 0 Å². The van der Waals surface area contributed by atoms with Crippen LogP contribution in [-0.4, -0.2) is 19.5 Å². The second-order valence-electron chi connectivity index (χ2n) is 12.8. The van der Waals surface area contributed by atoms with Crippen LogP contribution in [-0.2, 0) is 0 Å². The lowest BCUT2D eigenvalue weighted by atomic mass is 10.00. The highest BCUT2D eigenvalue weighted by Crippen LogP contribution is 2.48. The summed E-state index contributed by atoms with van der Waals surface area (Å²) in [6.45, 7) is 0. The topological polar surface area (TPSA) is 43.6 Å². The number of aromatic nitrogens is 4. The zero-order valence-electron chi connectivity index (χ0n) is 26.7. The molecule has 0 radical (unpaired) electrons. The van der Waals surface area contributed by atoms with E-state index in [1.165, 1.54) is 63.5 Å². The van der Waals surface area contributed by atoms with Gasteiger partial charge in [0, 0.05) is 64.7 Å². The summed E-state index contributed by atoms with van der Waals surface area (Å²) in [5, 5.41) is 11.0. The molecule has 4 aromatic heterocycles. The Hall–Kier alpha value is -6.43. The SMILES string of the molecule is c1cc(-c2nc(-c3ccc4ccccc4c3)c3cccnc3n2)cc(-n2c3ccccc3c3c4ccccc4c4sc5ccccc5c4c32)c1. The van der Waals surface area contributed by atoms with Crippen molar-refractivity contribution in [2.75, 3.05) is 0 Å². The lowest BCUT2D eigenvalue weighted by molar-refractivity contribution is 1.17. The lowest BCUT2D eigenvalue weighted by Gasteiger charge is -2.13. The van der Waals surface area contributed by atoms with Gasteiger partial charge in [0.15, 0.2) is 11.5 Å². The highest BCUT2D eigenvalue weighted by molar-refractivity contribution is 7.27. The fraction of sp³-hybridized carbons (Fsp3) is 0. The smallest absolute Gasteiger partial charge is 0.163 e. The number of hydrogen-bond acceptors (Lipinski definition) is 4. The van der Waals surface area contributed by atoms with Crippen LogP contribution in [0.3, 0.4) is 0 Å². The molecule has 0 fully saturated rings. The lowest BCUT2D eigenvalue weighted by Crippen LogP contribution is -1.99. The summed E-state index contributed by atoms with van der Waals surface area (Å²) >= 11 is 1.88. The van der Waals surface area contributed by atoms with Gasteiger partial charge in [-0.15, -0.1) is 11.3 Å². The second kappa shape index (κ2) is 10.5. The van der Waals surface area contributed by atoms with E-state index in [2.05, 4.69) is 150 Å². The van der Waals surface area contributed by atoms with Crippen LogP contribution in [0.5, 0.6) is 0 Å². The maximum absolute atomic E-state index is 5.26. The van der Waals surface area contributed by atoms with Crippen LogP contribution in [0.4, 0.5) is 0 Å². The molecule has 11 aromatic rings. The van der Waals surface area contributed by atoms with Crippen molar-refractivity contribution in [1.82, 2.24) is 19.5 Å². The number of benzene rings is 7. The number of pyridine rings is 1. The Morgan fingerprint density at radius 3 is 2.18 bits per heavy atom. The third kappa shape index (κ3) is 3.95. The van der Waals surface area contributed by atoms with E-state index in [0.717, 1.165) is 27.9 Å². The Morgan fingerprint density at radius 1 is 0.500 bits per heavy atom. The first-order valence-corrected chi connectivity index (χ1v) is 17.6. The summed E-state index contributed by atoms with van der Waals surface area (Å²) in [4.78, 5) is 15.0. The molecular formula is C45H26N4S. The van der Waals surface area contributed by atoms with Crippen molar-refractivity contribution < 1.29 is 0 Å². The van der Waals surface area contributed by atoms with Crippen LogP contribution in [0.2, 0.25) is 0 Å². The predicted molar refractivity (Wildman–Crippen MR) is 210 cm³/mol. The fourth-order valence-corrected chi connectivity index (χ4v) is 9.06. The van der Waals surface area contributed by atoms with E-state index in [1.807, 2.05) is 17.4 Å². The number of nitrogens with zero attached hydrogens (tertiary/aromatic N) is 4. The van der Waals surface area contributed by atoms with Gasteiger partial charge in [0.2, 0.25) is 0 Å². The highest BCUT2D eigenvalue weighted by Gasteiger charge is 2.22. The Morgan fingerprint density at radius 2 is 1.26 bits per heavy atom. The molecule has 5 heteroatoms. The predicted octanol–water partition coefficient (Wildman–Crippen LogP) is 12.1. The van der Waals surface area contributed by atoms with Crippen molar-refractivity contribution >= 4 is 85.9 Å². The number of hydrogen-bond donors (Lipinski definition) is 0. The largest absolute Gasteiger partial charge is 0.309 e. The molecule has 0 saturated carbocycles. The molecule has 0 aliphatic rings. The fourth-order valence-electron chi connectivity index (χ4n) is 7.82. The molecule has 0 atom stereocenters. The van der Waals surface area contributed by atoms with Crippen molar-refractivity contribution in [2.45, 2.75) is 0 Å². The van der Waals surface area contributed by atoms with Gasteiger partial charge in [-0.3, -0.25) is 0 Å². The molecule has 0 aliphatic heterocycles. The van der Waals surface area contributed by atoms with Gasteiger partial charge in [0.1, 0.15) is 0 Å². The number of para-hydroxylation sites is 1. The monoisotopic (exact) mass is 654 g/mol. The maximum atomic E-state index is 5.26. The molecular weight excluding hydrogens is 629 g/mol. The summed E-state index contributed by atoms with van der Waals surface area (Å²) in [5.74, 6) is 0.651. The molecule has 0 aliphatic carbocycles. The maximum Gasteiger partial charge on any atom is 0.163 e. The molecule has 7 aromatic carbocycles. The van der Waals surface area contributed by atoms with Crippen LogP contribution in [0, 0.1) is 0 Å². The zero-order valence-corrected chi connectivity index (χ0v) is 27.5. The molecule has 232 valence electrons. The summed E-state index contributed by atoms with van der Waals surface area (Å²) in [7, 11) is 0. The van der Waals surface area contributed by atoms with E-state index >= 15 is 0 Å². The Bertz CT molecular complexity index is 3170. The molecule has 4 nitrogen and oxygen atoms in total. The molecule has 0 amide bonds. The molecule has 4 heterocycles. The highest BCUT2D eigenvalue weighted by atomic mass is 32.1. The minimum atomic E-state index is 0.651. The summed E-state index contributed by atoms with van der Waals surface area (Å²) in [6, 6.07) is 54.1. The average molecular weight is 655 g/mol. The van der Waals surface area contributed by atoms with Gasteiger partial charge in [-0.2, -0.15) is 0 Å². The zero-order chi connectivity index (χ0) is 32.8. The van der Waals surface area contributed by atoms with Gasteiger partial charge in [0.05, 0.1) is 16.7 Å². The standard InChI is InChI=1S/C45H26N4S/c1-2-12-28-25-29(23-22-27(28)11-1)41-36-19-10-24-46-45(36)48-44(47-41)30-13-9-14-31(26-30)49-37-20-7-5-17-34(37)39-32-15-3-4-16-33(32)43-40(42(39)49)35-18-6-8-21-38(35)50-43/h1-26H. The van der Waals surface area contributed by atoms with Crippen molar-refractivity contribution in [3.05, 3.63) is 158 Å². The Balaban J connectivity index is 1.21. The molecule has 0 spiro atoms. The van der Waals surface area contributed by atoms with E-state index in [1.54, 1.807) is 6.20 Å². The number of fused-ring (bicyclic) bond motifs is 12. The van der Waals surface area contributed by atoms with Crippen LogP contribution >= 0.6 is 11.3 Å². The van der Waals surface area contributed by atoms with E-state index in [-0.39, 0.29) is 0 Å². The minimum Gasteiger partial charge on any atom is -0.309 e. The van der Waals surface area contributed by atoms with Gasteiger partial charge in [-0.05, 0) is 58.6 Å². The van der Waals surface area contributed by atoms with Gasteiger partial charge in [0.25, 0.3) is 0 Å². The average Bonchev–Trinajstić information content (AvgIpc) is 3.74. The number of rotatable bonds is 3. The molecule has 0 unspecified atom stereocenters. The minimum absolute atomic E-state index is 0.651. The molecule has 11 rings (SSSR count). The van der Waals surface area contributed by atoms with E-state index in [4.69, 9.17) is 15.0 Å². The van der Waals surface area contributed by atoms with Gasteiger partial charge >= 0.3 is 0 Å². The van der Waals surface area contributed by atoms with Crippen molar-refractivity contribution in [3.63, 3.8) is 0 Å². The van der Waals surface area contributed by atoms with Gasteiger partial charge in [-0.1, -0.05) is 109 Å². The summed E-state index contributed by atoms with van der Waals surface area (Å²) < 4.78 is 5.06. The van der Waals surface area contributed by atoms with Crippen molar-refractivity contribution in [2.24, 2.45) is 0 Å². The van der Waals surface area contributed by atoms with Gasteiger partial charge in [-0.25, -0.2) is 15.0 Å². The Labute approximate surface area is 290 Å². The first kappa shape index (κ1) is 27.5. The summed E-state index contributed by atoms with van der Waals surface area (Å²) in [5.41, 5.74) is 7.01. The van der Waals surface area contributed by atoms with Crippen LogP contribution < -0.4 is 0 Å². The van der Waals surface area contributed by atoms with Crippen molar-refractivity contribution in [3.8, 4) is 28.3 Å². The van der Waals surface area contributed by atoms with Crippen LogP contribution in [0.15, 0.2) is 158 Å². The third-order valence-electron chi connectivity index (χ3n) is 10.0. The Kier molecular flexibility index (Phi) is 5.80. The first-order valence-electron chi connectivity index (χ1n) is 16.8. The van der Waals surface area contributed by atoms with Crippen LogP contribution in [0.1, 0.15) is 0 Å². The normalized spacial score (nSPS) is 12.0. The molecule has 0 bridgehead atoms. The first-order chi connectivity index (χ1) is 24.8. The quantitative estimate of drug-likeness (QED) is 0.190. The van der Waals surface area contributed by atoms with E-state index in [0.29, 0.717) is 11.5 Å². The second-order valence-corrected chi connectivity index (χ2v) is 13.9. The number of thiophene rings is 1. The molecule has 0 saturated heterocycles.